The molecule has 2 heterocycles. The van der Waals surface area contributed by atoms with E-state index in [9.17, 15) is 9.59 Å². The van der Waals surface area contributed by atoms with Crippen molar-refractivity contribution in [3.63, 3.8) is 0 Å². The predicted octanol–water partition coefficient (Wildman–Crippen LogP) is 2.11. The molecule has 7 nitrogen and oxygen atoms in total. The summed E-state index contributed by atoms with van der Waals surface area (Å²) in [5.41, 5.74) is 1.44. The van der Waals surface area contributed by atoms with Crippen LogP contribution in [-0.2, 0) is 17.7 Å². The molecule has 1 aromatic carbocycles. The Hall–Kier alpha value is -2.74. The van der Waals surface area contributed by atoms with Gasteiger partial charge in [-0.25, -0.2) is 9.78 Å². The lowest BCUT2D eigenvalue weighted by atomic mass is 10.2. The third kappa shape index (κ3) is 3.13. The first-order valence-corrected chi connectivity index (χ1v) is 8.24. The number of methoxy groups -OCH3 is 1. The minimum atomic E-state index is -0.420. The van der Waals surface area contributed by atoms with E-state index in [4.69, 9.17) is 4.74 Å². The number of para-hydroxylation sites is 1. The number of nitrogens with one attached hydrogen (secondary N) is 1. The van der Waals surface area contributed by atoms with Crippen LogP contribution in [0.3, 0.4) is 0 Å². The fraction of sp³-hybridized carbons (Fsp3) is 0.250. The molecule has 0 aliphatic carbocycles. The van der Waals surface area contributed by atoms with Gasteiger partial charge in [-0.3, -0.25) is 4.79 Å². The minimum absolute atomic E-state index is 0.214. The number of ether oxygens (including phenoxy) is 1. The molecule has 1 N–H and O–H groups in total. The third-order valence-corrected chi connectivity index (χ3v) is 4.49. The fourth-order valence-electron chi connectivity index (χ4n) is 2.24. The quantitative estimate of drug-likeness (QED) is 0.714. The largest absolute Gasteiger partial charge is 0.465 e. The highest BCUT2D eigenvalue weighted by Gasteiger charge is 2.12. The van der Waals surface area contributed by atoms with Crippen LogP contribution in [0, 0.1) is 0 Å². The number of rotatable bonds is 5. The Balaban J connectivity index is 1.86. The van der Waals surface area contributed by atoms with Crippen molar-refractivity contribution in [2.24, 2.45) is 0 Å². The summed E-state index contributed by atoms with van der Waals surface area (Å²) in [7, 11) is 1.34. The number of carbonyl (C=O) groups is 1. The third-order valence-electron chi connectivity index (χ3n) is 3.43. The Morgan fingerprint density at radius 2 is 2.17 bits per heavy atom. The molecule has 24 heavy (non-hydrogen) atoms. The highest BCUT2D eigenvalue weighted by molar-refractivity contribution is 7.16. The van der Waals surface area contributed by atoms with Crippen LogP contribution in [0.5, 0.6) is 0 Å². The van der Waals surface area contributed by atoms with Crippen molar-refractivity contribution < 1.29 is 9.53 Å². The number of anilines is 1. The van der Waals surface area contributed by atoms with Crippen LogP contribution < -0.4 is 10.9 Å². The monoisotopic (exact) mass is 344 g/mol. The van der Waals surface area contributed by atoms with Gasteiger partial charge in [-0.05, 0) is 18.6 Å². The summed E-state index contributed by atoms with van der Waals surface area (Å²) in [4.78, 5) is 28.9. The lowest BCUT2D eigenvalue weighted by Crippen LogP contribution is -2.17. The van der Waals surface area contributed by atoms with E-state index >= 15 is 0 Å². The number of carbonyl (C=O) groups excluding carboxylic acids is 1. The summed E-state index contributed by atoms with van der Waals surface area (Å²) in [5, 5.41) is 8.21. The van der Waals surface area contributed by atoms with Crippen molar-refractivity contribution in [1.29, 1.82) is 0 Å². The van der Waals surface area contributed by atoms with E-state index in [1.54, 1.807) is 18.2 Å². The zero-order valence-electron chi connectivity index (χ0n) is 13.3. The van der Waals surface area contributed by atoms with Gasteiger partial charge in [0.15, 0.2) is 0 Å². The molecule has 0 fully saturated rings. The van der Waals surface area contributed by atoms with Crippen molar-refractivity contribution >= 4 is 28.0 Å². The van der Waals surface area contributed by atoms with Crippen molar-refractivity contribution in [3.8, 4) is 0 Å². The number of esters is 1. The summed E-state index contributed by atoms with van der Waals surface area (Å²) < 4.78 is 6.08. The summed E-state index contributed by atoms with van der Waals surface area (Å²) in [6.45, 7) is 2.30. The lowest BCUT2D eigenvalue weighted by Gasteiger charge is -2.10. The van der Waals surface area contributed by atoms with Crippen LogP contribution in [0.15, 0.2) is 35.1 Å². The Kier molecular flexibility index (Phi) is 4.57. The molecule has 0 bridgehead atoms. The van der Waals surface area contributed by atoms with Gasteiger partial charge in [0, 0.05) is 11.8 Å². The van der Waals surface area contributed by atoms with Crippen LogP contribution in [0.2, 0.25) is 0 Å². The average Bonchev–Trinajstić information content (AvgIpc) is 3.03. The predicted molar refractivity (Wildman–Crippen MR) is 91.6 cm³/mol. The summed E-state index contributed by atoms with van der Waals surface area (Å²) in [6, 6.07) is 8.48. The van der Waals surface area contributed by atoms with Gasteiger partial charge in [0.1, 0.15) is 5.01 Å². The van der Waals surface area contributed by atoms with E-state index in [2.05, 4.69) is 15.4 Å². The zero-order chi connectivity index (χ0) is 17.1. The molecule has 0 saturated heterocycles. The summed E-state index contributed by atoms with van der Waals surface area (Å²) in [5.74, 6) is -0.420. The van der Waals surface area contributed by atoms with Crippen molar-refractivity contribution in [1.82, 2.24) is 14.6 Å². The average molecular weight is 344 g/mol. The van der Waals surface area contributed by atoms with Gasteiger partial charge in [0.25, 0.3) is 5.56 Å². The van der Waals surface area contributed by atoms with E-state index < -0.39 is 5.97 Å². The van der Waals surface area contributed by atoms with Gasteiger partial charge in [-0.2, -0.15) is 9.61 Å². The molecule has 2 aromatic heterocycles. The first-order valence-electron chi connectivity index (χ1n) is 7.42. The maximum atomic E-state index is 12.1. The first kappa shape index (κ1) is 16.1. The Morgan fingerprint density at radius 3 is 2.92 bits per heavy atom. The van der Waals surface area contributed by atoms with E-state index in [-0.39, 0.29) is 5.56 Å². The van der Waals surface area contributed by atoms with Crippen molar-refractivity contribution in [2.75, 3.05) is 12.4 Å². The molecule has 0 aliphatic heterocycles. The molecule has 0 amide bonds. The van der Waals surface area contributed by atoms with Crippen molar-refractivity contribution in [2.45, 2.75) is 19.9 Å². The molecular formula is C16H16N4O3S. The molecule has 0 saturated carbocycles. The highest BCUT2D eigenvalue weighted by atomic mass is 32.1. The number of aryl methyl sites for hydroxylation is 1. The van der Waals surface area contributed by atoms with E-state index in [0.717, 1.165) is 11.4 Å². The van der Waals surface area contributed by atoms with E-state index in [0.29, 0.717) is 28.5 Å². The topological polar surface area (TPSA) is 85.6 Å². The minimum Gasteiger partial charge on any atom is -0.465 e. The van der Waals surface area contributed by atoms with E-state index in [1.807, 2.05) is 13.0 Å². The molecule has 124 valence electrons. The number of fused-ring (bicyclic) bond motifs is 1. The Labute approximate surface area is 141 Å². The normalized spacial score (nSPS) is 10.8. The lowest BCUT2D eigenvalue weighted by molar-refractivity contribution is 0.0602. The number of hydrogen-bond acceptors (Lipinski definition) is 7. The molecule has 8 heteroatoms. The molecule has 0 atom stereocenters. The van der Waals surface area contributed by atoms with Crippen LogP contribution >= 0.6 is 11.3 Å². The Bertz CT molecular complexity index is 948. The molecule has 0 unspecified atom stereocenters. The molecule has 3 aromatic rings. The number of benzene rings is 1. The first-order chi connectivity index (χ1) is 11.6. The summed E-state index contributed by atoms with van der Waals surface area (Å²) >= 11 is 1.40. The van der Waals surface area contributed by atoms with Crippen molar-refractivity contribution in [3.05, 3.63) is 57.0 Å². The summed E-state index contributed by atoms with van der Waals surface area (Å²) in [6.07, 6.45) is 0.757. The maximum absolute atomic E-state index is 12.1. The number of aromatic nitrogens is 3. The SMILES string of the molecule is CCc1nn2c(=O)cc(CNc3ccccc3C(=O)OC)nc2s1. The molecule has 0 aliphatic rings. The molecule has 0 spiro atoms. The number of hydrogen-bond donors (Lipinski definition) is 1. The maximum Gasteiger partial charge on any atom is 0.339 e. The zero-order valence-corrected chi connectivity index (χ0v) is 14.1. The van der Waals surface area contributed by atoms with Gasteiger partial charge < -0.3 is 10.1 Å². The van der Waals surface area contributed by atoms with Gasteiger partial charge in [0.2, 0.25) is 4.96 Å². The second-order valence-electron chi connectivity index (χ2n) is 5.02. The van der Waals surface area contributed by atoms with Crippen LogP contribution in [-0.4, -0.2) is 27.7 Å². The smallest absolute Gasteiger partial charge is 0.339 e. The van der Waals surface area contributed by atoms with Gasteiger partial charge in [0.05, 0.1) is 24.9 Å². The fourth-order valence-corrected chi connectivity index (χ4v) is 3.10. The molecule has 0 radical (unpaired) electrons. The van der Waals surface area contributed by atoms with Gasteiger partial charge in [-0.1, -0.05) is 30.4 Å². The second-order valence-corrected chi connectivity index (χ2v) is 6.06. The van der Waals surface area contributed by atoms with Crippen LogP contribution in [0.25, 0.3) is 4.96 Å². The van der Waals surface area contributed by atoms with E-state index in [1.165, 1.54) is 29.0 Å². The molecular weight excluding hydrogens is 328 g/mol. The van der Waals surface area contributed by atoms with Crippen LogP contribution in [0.4, 0.5) is 5.69 Å². The molecule has 3 rings (SSSR count). The van der Waals surface area contributed by atoms with Gasteiger partial charge in [-0.15, -0.1) is 0 Å². The highest BCUT2D eigenvalue weighted by Crippen LogP contribution is 2.17. The van der Waals surface area contributed by atoms with Crippen LogP contribution in [0.1, 0.15) is 28.0 Å². The second kappa shape index (κ2) is 6.79. The Morgan fingerprint density at radius 1 is 1.38 bits per heavy atom. The standard InChI is InChI=1S/C16H16N4O3S/c1-3-13-19-20-14(21)8-10(18-16(20)24-13)9-17-12-7-5-4-6-11(12)15(22)23-2/h4-8,17H,3,9H2,1-2H3. The number of nitrogens with zero attached hydrogens (tertiary/aromatic N) is 3. The van der Waals surface area contributed by atoms with Gasteiger partial charge >= 0.3 is 5.97 Å².